The van der Waals surface area contributed by atoms with Crippen LogP contribution in [0.4, 0.5) is 0 Å². The van der Waals surface area contributed by atoms with Crippen LogP contribution in [0.1, 0.15) is 43.3 Å². The molecule has 0 fully saturated rings. The molecule has 8 heteroatoms. The van der Waals surface area contributed by atoms with E-state index >= 15 is 0 Å². The number of hydrogen-bond acceptors (Lipinski definition) is 6. The zero-order chi connectivity index (χ0) is 18.6. The number of ether oxygens (including phenoxy) is 1. The molecule has 1 amide bonds. The van der Waals surface area contributed by atoms with Gasteiger partial charge in [-0.25, -0.2) is 9.78 Å². The van der Waals surface area contributed by atoms with Crippen molar-refractivity contribution in [2.45, 2.75) is 40.7 Å². The first kappa shape index (κ1) is 18.7. The van der Waals surface area contributed by atoms with E-state index in [2.05, 4.69) is 24.1 Å². The van der Waals surface area contributed by atoms with Crippen LogP contribution in [0, 0.1) is 12.8 Å². The summed E-state index contributed by atoms with van der Waals surface area (Å²) in [4.78, 5) is 40.8. The number of aromatic nitrogens is 2. The van der Waals surface area contributed by atoms with Crippen LogP contribution in [0.3, 0.4) is 0 Å². The van der Waals surface area contributed by atoms with Gasteiger partial charge in [0.25, 0.3) is 5.56 Å². The van der Waals surface area contributed by atoms with Crippen LogP contribution in [-0.2, 0) is 16.1 Å². The molecule has 0 saturated carbocycles. The van der Waals surface area contributed by atoms with Gasteiger partial charge in [0.1, 0.15) is 29.6 Å². The van der Waals surface area contributed by atoms with Crippen LogP contribution < -0.4 is 10.9 Å². The van der Waals surface area contributed by atoms with E-state index in [0.29, 0.717) is 12.5 Å². The molecule has 1 N–H and O–H groups in total. The van der Waals surface area contributed by atoms with Crippen molar-refractivity contribution in [2.75, 3.05) is 13.2 Å². The second-order valence-corrected chi connectivity index (χ2v) is 6.14. The first-order valence-corrected chi connectivity index (χ1v) is 8.27. The minimum atomic E-state index is -0.642. The van der Waals surface area contributed by atoms with Gasteiger partial charge in [-0.15, -0.1) is 0 Å². The molecule has 0 radical (unpaired) electrons. The highest BCUT2D eigenvalue weighted by Crippen LogP contribution is 2.21. The minimum Gasteiger partial charge on any atom is -0.462 e. The van der Waals surface area contributed by atoms with Gasteiger partial charge in [0, 0.05) is 6.54 Å². The van der Waals surface area contributed by atoms with Gasteiger partial charge < -0.3 is 14.5 Å². The molecule has 2 aromatic rings. The summed E-state index contributed by atoms with van der Waals surface area (Å²) in [6, 6.07) is 0. The molecule has 0 unspecified atom stereocenters. The number of rotatable bonds is 7. The van der Waals surface area contributed by atoms with Gasteiger partial charge >= 0.3 is 5.97 Å². The van der Waals surface area contributed by atoms with Crippen molar-refractivity contribution in [3.63, 3.8) is 0 Å². The van der Waals surface area contributed by atoms with Crippen molar-refractivity contribution >= 4 is 23.0 Å². The van der Waals surface area contributed by atoms with Gasteiger partial charge in [-0.3, -0.25) is 14.2 Å². The molecule has 0 bridgehead atoms. The predicted molar refractivity (Wildman–Crippen MR) is 91.4 cm³/mol. The third kappa shape index (κ3) is 4.26. The highest BCUT2D eigenvalue weighted by molar-refractivity contribution is 6.03. The van der Waals surface area contributed by atoms with E-state index in [4.69, 9.17) is 9.15 Å². The average Bonchev–Trinajstić information content (AvgIpc) is 2.87. The van der Waals surface area contributed by atoms with Crippen molar-refractivity contribution in [3.05, 3.63) is 28.0 Å². The topological polar surface area (TPSA) is 103 Å². The number of nitrogens with zero attached hydrogens (tertiary/aromatic N) is 2. The molecule has 2 aromatic heterocycles. The van der Waals surface area contributed by atoms with Gasteiger partial charge in [0.15, 0.2) is 0 Å². The van der Waals surface area contributed by atoms with Crippen molar-refractivity contribution in [1.82, 2.24) is 14.9 Å². The largest absolute Gasteiger partial charge is 0.462 e. The number of esters is 1. The second kappa shape index (κ2) is 7.96. The molecular weight excluding hydrogens is 326 g/mol. The van der Waals surface area contributed by atoms with E-state index in [-0.39, 0.29) is 41.5 Å². The van der Waals surface area contributed by atoms with Crippen molar-refractivity contribution in [1.29, 1.82) is 0 Å². The summed E-state index contributed by atoms with van der Waals surface area (Å²) in [5.41, 5.74) is -0.394. The zero-order valence-corrected chi connectivity index (χ0v) is 14.9. The van der Waals surface area contributed by atoms with Gasteiger partial charge in [0.05, 0.1) is 6.61 Å². The Bertz CT molecular complexity index is 835. The molecular formula is C17H23N3O5. The van der Waals surface area contributed by atoms with Crippen LogP contribution in [0.15, 0.2) is 15.5 Å². The molecule has 0 aliphatic carbocycles. The van der Waals surface area contributed by atoms with Gasteiger partial charge in [-0.1, -0.05) is 13.8 Å². The van der Waals surface area contributed by atoms with Crippen LogP contribution >= 0.6 is 0 Å². The number of hydrogen-bond donors (Lipinski definition) is 1. The summed E-state index contributed by atoms with van der Waals surface area (Å²) < 4.78 is 11.5. The number of carbonyl (C=O) groups excluding carboxylic acids is 2. The number of furan rings is 1. The van der Waals surface area contributed by atoms with Crippen LogP contribution in [0.2, 0.25) is 0 Å². The Morgan fingerprint density at radius 1 is 1.40 bits per heavy atom. The number of fused-ring (bicyclic) bond motifs is 1. The lowest BCUT2D eigenvalue weighted by atomic mass is 10.1. The summed E-state index contributed by atoms with van der Waals surface area (Å²) in [5, 5.41) is 2.79. The van der Waals surface area contributed by atoms with Gasteiger partial charge in [0.2, 0.25) is 11.6 Å². The minimum absolute atomic E-state index is 0.0356. The maximum atomic E-state index is 12.7. The zero-order valence-electron chi connectivity index (χ0n) is 14.9. The highest BCUT2D eigenvalue weighted by atomic mass is 16.5. The molecule has 8 nitrogen and oxygen atoms in total. The average molecular weight is 349 g/mol. The third-order valence-corrected chi connectivity index (χ3v) is 3.69. The molecule has 0 atom stereocenters. The van der Waals surface area contributed by atoms with Crippen LogP contribution in [0.5, 0.6) is 0 Å². The normalized spacial score (nSPS) is 11.1. The molecule has 0 spiro atoms. The quantitative estimate of drug-likeness (QED) is 0.762. The highest BCUT2D eigenvalue weighted by Gasteiger charge is 2.24. The lowest BCUT2D eigenvalue weighted by molar-refractivity contribution is -0.121. The summed E-state index contributed by atoms with van der Waals surface area (Å²) in [6.07, 6.45) is 2.09. The summed E-state index contributed by atoms with van der Waals surface area (Å²) in [6.45, 7) is 7.91. The van der Waals surface area contributed by atoms with E-state index in [0.717, 1.165) is 11.0 Å². The molecule has 0 saturated heterocycles. The smallest absolute Gasteiger partial charge is 0.342 e. The van der Waals surface area contributed by atoms with Crippen molar-refractivity contribution in [2.24, 2.45) is 5.92 Å². The first-order valence-electron chi connectivity index (χ1n) is 8.27. The summed E-state index contributed by atoms with van der Waals surface area (Å²) in [7, 11) is 0. The van der Waals surface area contributed by atoms with E-state index in [1.54, 1.807) is 13.8 Å². The van der Waals surface area contributed by atoms with E-state index in [1.807, 2.05) is 0 Å². The van der Waals surface area contributed by atoms with Crippen LogP contribution in [0.25, 0.3) is 11.1 Å². The molecule has 2 rings (SSSR count). The lowest BCUT2D eigenvalue weighted by Gasteiger charge is -2.08. The SMILES string of the molecule is CCOC(=O)c1c(C)oc2ncn(CC(=O)NCCC(C)C)c(=O)c12. The first-order chi connectivity index (χ1) is 11.8. The Morgan fingerprint density at radius 3 is 2.76 bits per heavy atom. The number of amides is 1. The maximum absolute atomic E-state index is 12.7. The van der Waals surface area contributed by atoms with Crippen molar-refractivity contribution in [3.8, 4) is 0 Å². The molecule has 136 valence electrons. The summed E-state index contributed by atoms with van der Waals surface area (Å²) >= 11 is 0. The standard InChI is InChI=1S/C17H23N3O5/c1-5-24-17(23)13-11(4)25-15-14(13)16(22)20(9-19-15)8-12(21)18-7-6-10(2)3/h9-10H,5-8H2,1-4H3,(H,18,21). The van der Waals surface area contributed by atoms with E-state index in [1.165, 1.54) is 6.33 Å². The second-order valence-electron chi connectivity index (χ2n) is 6.14. The predicted octanol–water partition coefficient (Wildman–Crippen LogP) is 1.64. The Balaban J connectivity index is 2.29. The van der Waals surface area contributed by atoms with Crippen LogP contribution in [-0.4, -0.2) is 34.6 Å². The Labute approximate surface area is 145 Å². The lowest BCUT2D eigenvalue weighted by Crippen LogP contribution is -2.33. The van der Waals surface area contributed by atoms with E-state index < -0.39 is 11.5 Å². The third-order valence-electron chi connectivity index (χ3n) is 3.69. The fourth-order valence-corrected chi connectivity index (χ4v) is 2.41. The van der Waals surface area contributed by atoms with E-state index in [9.17, 15) is 14.4 Å². The summed E-state index contributed by atoms with van der Waals surface area (Å²) in [5.74, 6) is -0.196. The molecule has 0 aliphatic rings. The Hall–Kier alpha value is -2.64. The molecule has 25 heavy (non-hydrogen) atoms. The molecule has 0 aromatic carbocycles. The number of aryl methyl sites for hydroxylation is 1. The molecule has 0 aliphatic heterocycles. The Morgan fingerprint density at radius 2 is 2.12 bits per heavy atom. The Kier molecular flexibility index (Phi) is 5.95. The fraction of sp³-hybridized carbons (Fsp3) is 0.529. The van der Waals surface area contributed by atoms with Crippen molar-refractivity contribution < 1.29 is 18.7 Å². The molecule has 2 heterocycles. The van der Waals surface area contributed by atoms with Gasteiger partial charge in [-0.05, 0) is 26.2 Å². The fourth-order valence-electron chi connectivity index (χ4n) is 2.41. The number of nitrogens with one attached hydrogen (secondary N) is 1. The number of carbonyl (C=O) groups is 2. The maximum Gasteiger partial charge on any atom is 0.342 e. The van der Waals surface area contributed by atoms with Gasteiger partial charge in [-0.2, -0.15) is 0 Å². The monoisotopic (exact) mass is 349 g/mol.